The summed E-state index contributed by atoms with van der Waals surface area (Å²) in [5, 5.41) is 37.3. The van der Waals surface area contributed by atoms with Gasteiger partial charge in [-0.15, -0.1) is 0 Å². The second kappa shape index (κ2) is 4.94. The number of phenols is 1. The van der Waals surface area contributed by atoms with Crippen LogP contribution in [0.1, 0.15) is 49.7 Å². The molecule has 2 saturated carbocycles. The summed E-state index contributed by atoms with van der Waals surface area (Å²) in [5.41, 5.74) is 0.603. The molecule has 1 aromatic carbocycles. The Labute approximate surface area is 153 Å². The van der Waals surface area contributed by atoms with Gasteiger partial charge in [0.2, 0.25) is 0 Å². The van der Waals surface area contributed by atoms with Crippen molar-refractivity contribution >= 4 is 0 Å². The number of piperidine rings is 1. The molecule has 0 amide bonds. The Morgan fingerprint density at radius 3 is 2.88 bits per heavy atom. The van der Waals surface area contributed by atoms with Crippen LogP contribution in [0.2, 0.25) is 0 Å². The average molecular weight is 357 g/mol. The van der Waals surface area contributed by atoms with Crippen LogP contribution in [0.25, 0.3) is 0 Å². The molecule has 1 saturated heterocycles. The lowest BCUT2D eigenvalue weighted by Crippen LogP contribution is -2.78. The summed E-state index contributed by atoms with van der Waals surface area (Å²) < 4.78 is 6.26. The van der Waals surface area contributed by atoms with Crippen molar-refractivity contribution < 1.29 is 20.1 Å². The van der Waals surface area contributed by atoms with Gasteiger partial charge in [-0.1, -0.05) is 25.3 Å². The van der Waals surface area contributed by atoms with E-state index in [4.69, 9.17) is 4.74 Å². The van der Waals surface area contributed by atoms with Crippen molar-refractivity contribution in [3.8, 4) is 11.5 Å². The lowest BCUT2D eigenvalue weighted by molar-refractivity contribution is -0.202. The highest BCUT2D eigenvalue weighted by Crippen LogP contribution is 2.65. The van der Waals surface area contributed by atoms with E-state index in [1.807, 2.05) is 6.07 Å². The smallest absolute Gasteiger partial charge is 0.165 e. The zero-order chi connectivity index (χ0) is 17.7. The topological polar surface area (TPSA) is 82.0 Å². The maximum Gasteiger partial charge on any atom is 0.165 e. The Morgan fingerprint density at radius 1 is 1.27 bits per heavy atom. The second-order valence-electron chi connectivity index (χ2n) is 9.33. The van der Waals surface area contributed by atoms with Crippen LogP contribution in [-0.4, -0.2) is 45.7 Å². The highest BCUT2D eigenvalue weighted by Gasteiger charge is 2.73. The Kier molecular flexibility index (Phi) is 2.99. The molecule has 5 heteroatoms. The van der Waals surface area contributed by atoms with Crippen LogP contribution in [0.3, 0.4) is 0 Å². The third kappa shape index (κ3) is 1.64. The Balaban J connectivity index is 1.52. The fraction of sp³-hybridized carbons (Fsp3) is 0.714. The molecule has 5 aliphatic rings. The average Bonchev–Trinajstić information content (AvgIpc) is 2.91. The molecule has 140 valence electrons. The van der Waals surface area contributed by atoms with Crippen molar-refractivity contribution in [2.24, 2.45) is 11.8 Å². The zero-order valence-corrected chi connectivity index (χ0v) is 14.9. The van der Waals surface area contributed by atoms with Crippen LogP contribution < -0.4 is 10.1 Å². The maximum absolute atomic E-state index is 12.1. The van der Waals surface area contributed by atoms with Crippen molar-refractivity contribution in [2.75, 3.05) is 6.54 Å². The van der Waals surface area contributed by atoms with Gasteiger partial charge in [0.15, 0.2) is 11.5 Å². The van der Waals surface area contributed by atoms with Gasteiger partial charge in [0, 0.05) is 11.6 Å². The van der Waals surface area contributed by atoms with Crippen molar-refractivity contribution in [1.29, 1.82) is 0 Å². The van der Waals surface area contributed by atoms with Gasteiger partial charge in [-0.25, -0.2) is 0 Å². The second-order valence-corrected chi connectivity index (χ2v) is 9.33. The summed E-state index contributed by atoms with van der Waals surface area (Å²) in [7, 11) is 0. The van der Waals surface area contributed by atoms with Gasteiger partial charge >= 0.3 is 0 Å². The van der Waals surface area contributed by atoms with Gasteiger partial charge in [0.25, 0.3) is 0 Å². The third-order valence-corrected chi connectivity index (χ3v) is 8.31. The van der Waals surface area contributed by atoms with Gasteiger partial charge in [-0.2, -0.15) is 0 Å². The normalized spacial score (nSPS) is 45.6. The fourth-order valence-electron chi connectivity index (χ4n) is 6.92. The van der Waals surface area contributed by atoms with Crippen molar-refractivity contribution in [1.82, 2.24) is 5.32 Å². The van der Waals surface area contributed by atoms with Crippen LogP contribution in [0.5, 0.6) is 11.5 Å². The zero-order valence-electron chi connectivity index (χ0n) is 14.9. The van der Waals surface area contributed by atoms with Crippen molar-refractivity contribution in [2.45, 2.75) is 74.2 Å². The van der Waals surface area contributed by atoms with E-state index in [0.717, 1.165) is 36.9 Å². The summed E-state index contributed by atoms with van der Waals surface area (Å²) >= 11 is 0. The van der Waals surface area contributed by atoms with E-state index >= 15 is 0 Å². The first-order chi connectivity index (χ1) is 12.5. The monoisotopic (exact) mass is 357 g/mol. The predicted octanol–water partition coefficient (Wildman–Crippen LogP) is 1.61. The number of nitrogens with one attached hydrogen (secondary N) is 1. The fourth-order valence-corrected chi connectivity index (χ4v) is 6.92. The highest BCUT2D eigenvalue weighted by atomic mass is 16.5. The van der Waals surface area contributed by atoms with Gasteiger partial charge in [0.1, 0.15) is 6.10 Å². The van der Waals surface area contributed by atoms with Crippen LogP contribution in [0.4, 0.5) is 0 Å². The molecule has 3 fully saturated rings. The van der Waals surface area contributed by atoms with Crippen LogP contribution in [0, 0.1) is 11.8 Å². The number of aliphatic hydroxyl groups is 2. The minimum absolute atomic E-state index is 0.0123. The van der Waals surface area contributed by atoms with E-state index in [1.54, 1.807) is 6.07 Å². The number of aromatic hydroxyl groups is 1. The molecule has 0 radical (unpaired) electrons. The molecule has 2 bridgehead atoms. The number of aliphatic hydroxyl groups excluding tert-OH is 1. The van der Waals surface area contributed by atoms with E-state index in [0.29, 0.717) is 18.1 Å². The maximum atomic E-state index is 12.1. The number of hydrogen-bond acceptors (Lipinski definition) is 5. The summed E-state index contributed by atoms with van der Waals surface area (Å²) in [4.78, 5) is 0. The summed E-state index contributed by atoms with van der Waals surface area (Å²) in [6, 6.07) is 3.65. The van der Waals surface area contributed by atoms with Crippen LogP contribution in [-0.2, 0) is 11.8 Å². The Morgan fingerprint density at radius 2 is 2.12 bits per heavy atom. The largest absolute Gasteiger partial charge is 0.504 e. The minimum atomic E-state index is -0.921. The first kappa shape index (κ1) is 15.7. The number of hydrogen-bond donors (Lipinski definition) is 4. The highest BCUT2D eigenvalue weighted by molar-refractivity contribution is 5.62. The first-order valence-electron chi connectivity index (χ1n) is 10.2. The van der Waals surface area contributed by atoms with E-state index in [1.165, 1.54) is 19.3 Å². The molecule has 26 heavy (non-hydrogen) atoms. The van der Waals surface area contributed by atoms with Crippen LogP contribution >= 0.6 is 0 Å². The summed E-state index contributed by atoms with van der Waals surface area (Å²) in [5.74, 6) is 1.38. The van der Waals surface area contributed by atoms with Gasteiger partial charge in [0.05, 0.1) is 17.1 Å². The molecule has 4 N–H and O–H groups in total. The first-order valence-corrected chi connectivity index (χ1v) is 10.2. The Bertz CT molecular complexity index is 778. The predicted molar refractivity (Wildman–Crippen MR) is 95.3 cm³/mol. The molecular formula is C21H27NO4. The molecule has 2 aliphatic heterocycles. The molecular weight excluding hydrogens is 330 g/mol. The van der Waals surface area contributed by atoms with E-state index in [9.17, 15) is 15.3 Å². The molecule has 5 nitrogen and oxygen atoms in total. The molecule has 6 rings (SSSR count). The third-order valence-electron chi connectivity index (χ3n) is 8.31. The molecule has 1 spiro atoms. The molecule has 6 atom stereocenters. The molecule has 1 aromatic rings. The lowest BCUT2D eigenvalue weighted by atomic mass is 9.47. The SMILES string of the molecule is Oc1ccc2c3c1OC1C(O)C(CC4CCC4)CC4(O)[C@@H](C2)NCC[C@]314. The molecule has 4 unspecified atom stereocenters. The van der Waals surface area contributed by atoms with E-state index < -0.39 is 23.2 Å². The summed E-state index contributed by atoms with van der Waals surface area (Å²) in [6.45, 7) is 0.807. The molecule has 2 heterocycles. The van der Waals surface area contributed by atoms with Crippen molar-refractivity contribution in [3.63, 3.8) is 0 Å². The number of rotatable bonds is 2. The van der Waals surface area contributed by atoms with E-state index in [-0.39, 0.29) is 17.7 Å². The van der Waals surface area contributed by atoms with E-state index in [2.05, 4.69) is 5.32 Å². The van der Waals surface area contributed by atoms with Gasteiger partial charge < -0.3 is 25.4 Å². The van der Waals surface area contributed by atoms with Crippen LogP contribution in [0.15, 0.2) is 12.1 Å². The Hall–Kier alpha value is -1.30. The molecule has 0 aromatic heterocycles. The molecule has 3 aliphatic carbocycles. The van der Waals surface area contributed by atoms with Crippen molar-refractivity contribution in [3.05, 3.63) is 23.3 Å². The standard InChI is InChI=1S/C21H27NO4/c23-14-5-4-12-9-15-21(25)10-13(8-11-2-1-3-11)17(24)19-20(21,6-7-22-15)16(12)18(14)26-19/h4-5,11,13,15,17,19,22-25H,1-3,6-10H2/t13?,15-,17?,19?,20+,21?/m1/s1. The van der Waals surface area contributed by atoms with Gasteiger partial charge in [-0.05, 0) is 55.7 Å². The lowest BCUT2D eigenvalue weighted by Gasteiger charge is -2.63. The number of ether oxygens (including phenoxy) is 1. The quantitative estimate of drug-likeness (QED) is 0.647. The number of phenolic OH excluding ortho intramolecular Hbond substituents is 1. The number of benzene rings is 1. The van der Waals surface area contributed by atoms with Gasteiger partial charge in [-0.3, -0.25) is 0 Å². The minimum Gasteiger partial charge on any atom is -0.504 e. The summed E-state index contributed by atoms with van der Waals surface area (Å²) in [6.07, 6.45) is 5.80.